The Bertz CT molecular complexity index is 564. The zero-order chi connectivity index (χ0) is 15.7. The highest BCUT2D eigenvalue weighted by Crippen LogP contribution is 2.36. The number of nitro groups is 2. The molecule has 0 radical (unpaired) electrons. The van der Waals surface area contributed by atoms with Crippen LogP contribution in [0.15, 0.2) is 23.5 Å². The molecule has 0 aromatic heterocycles. The topological polar surface area (TPSA) is 150 Å². The number of aliphatic carboxylic acids is 1. The first-order chi connectivity index (χ1) is 9.09. The van der Waals surface area contributed by atoms with Crippen molar-refractivity contribution in [3.05, 3.63) is 43.8 Å². The largest absolute Gasteiger partial charge is 0.473 e. The molecular formula is C10H10N2O8. The van der Waals surface area contributed by atoms with E-state index < -0.39 is 44.7 Å². The fraction of sp³-hybridized carbons (Fsp3) is 0.400. The van der Waals surface area contributed by atoms with E-state index in [4.69, 9.17) is 5.11 Å². The summed E-state index contributed by atoms with van der Waals surface area (Å²) in [4.78, 5) is 41.5. The van der Waals surface area contributed by atoms with E-state index in [2.05, 4.69) is 4.74 Å². The van der Waals surface area contributed by atoms with Gasteiger partial charge in [0.05, 0.1) is 15.9 Å². The summed E-state index contributed by atoms with van der Waals surface area (Å²) in [5.74, 6) is -4.54. The molecule has 0 saturated heterocycles. The van der Waals surface area contributed by atoms with E-state index in [-0.39, 0.29) is 0 Å². The van der Waals surface area contributed by atoms with Gasteiger partial charge in [0.1, 0.15) is 0 Å². The predicted octanol–water partition coefficient (Wildman–Crippen LogP) is 0.344. The van der Waals surface area contributed by atoms with Crippen LogP contribution in [0, 0.1) is 26.1 Å². The van der Waals surface area contributed by atoms with Crippen molar-refractivity contribution in [3.63, 3.8) is 0 Å². The minimum Gasteiger partial charge on any atom is -0.473 e. The molecule has 0 fully saturated rings. The van der Waals surface area contributed by atoms with E-state index in [1.54, 1.807) is 0 Å². The quantitative estimate of drug-likeness (QED) is 0.337. The van der Waals surface area contributed by atoms with E-state index in [0.29, 0.717) is 6.08 Å². The lowest BCUT2D eigenvalue weighted by molar-refractivity contribution is -0.453. The zero-order valence-corrected chi connectivity index (χ0v) is 10.4. The molecule has 1 aliphatic carbocycles. The van der Waals surface area contributed by atoms with Crippen LogP contribution in [0.3, 0.4) is 0 Å². The highest BCUT2D eigenvalue weighted by Gasteiger charge is 2.51. The molecule has 10 heteroatoms. The number of esters is 1. The maximum atomic E-state index is 11.1. The van der Waals surface area contributed by atoms with Crippen LogP contribution in [0.1, 0.15) is 13.8 Å². The molecule has 0 saturated carbocycles. The van der Waals surface area contributed by atoms with Crippen molar-refractivity contribution in [3.8, 4) is 0 Å². The van der Waals surface area contributed by atoms with Gasteiger partial charge in [-0.15, -0.1) is 0 Å². The maximum absolute atomic E-state index is 11.1. The second-order valence-corrected chi connectivity index (χ2v) is 4.23. The smallest absolute Gasteiger partial charge is 0.418 e. The minimum absolute atomic E-state index is 0.520. The van der Waals surface area contributed by atoms with Crippen LogP contribution in [0.5, 0.6) is 0 Å². The molecule has 0 spiro atoms. The molecule has 2 unspecified atom stereocenters. The number of carboxylic acid groups (broad SMARTS) is 1. The van der Waals surface area contributed by atoms with Gasteiger partial charge < -0.3 is 9.84 Å². The van der Waals surface area contributed by atoms with Gasteiger partial charge in [-0.25, -0.2) is 9.59 Å². The summed E-state index contributed by atoms with van der Waals surface area (Å²) >= 11 is 0. The van der Waals surface area contributed by atoms with Crippen molar-refractivity contribution in [2.75, 3.05) is 0 Å². The van der Waals surface area contributed by atoms with Gasteiger partial charge in [-0.2, -0.15) is 0 Å². The average Bonchev–Trinajstić information content (AvgIpc) is 2.31. The molecule has 0 heterocycles. The molecule has 0 aliphatic heterocycles. The Kier molecular flexibility index (Phi) is 3.87. The highest BCUT2D eigenvalue weighted by molar-refractivity contribution is 6.28. The Labute approximate surface area is 111 Å². The molecule has 2 atom stereocenters. The monoisotopic (exact) mass is 286 g/mol. The Hall–Kier alpha value is -2.78. The molecule has 20 heavy (non-hydrogen) atoms. The Morgan fingerprint density at radius 1 is 1.35 bits per heavy atom. The van der Waals surface area contributed by atoms with Crippen molar-refractivity contribution in [2.24, 2.45) is 5.92 Å². The number of carbonyl (C=O) groups is 2. The second-order valence-electron chi connectivity index (χ2n) is 4.23. The first-order valence-electron chi connectivity index (χ1n) is 5.28. The summed E-state index contributed by atoms with van der Waals surface area (Å²) in [6.07, 6.45) is 1.71. The van der Waals surface area contributed by atoms with Crippen LogP contribution in [-0.4, -0.2) is 32.5 Å². The third-order valence-electron chi connectivity index (χ3n) is 2.97. The SMILES string of the molecule is CC1C=C([N+](=O)[O-])C=C([N+](=O)[O-])C1(C)OC(=O)C(=O)O. The van der Waals surface area contributed by atoms with Crippen molar-refractivity contribution in [2.45, 2.75) is 19.4 Å². The van der Waals surface area contributed by atoms with Crippen LogP contribution in [0.2, 0.25) is 0 Å². The number of hydrogen-bond acceptors (Lipinski definition) is 7. The maximum Gasteiger partial charge on any atom is 0.418 e. The van der Waals surface area contributed by atoms with Gasteiger partial charge in [-0.1, -0.05) is 6.92 Å². The summed E-state index contributed by atoms with van der Waals surface area (Å²) in [5.41, 5.74) is -3.18. The van der Waals surface area contributed by atoms with Crippen LogP contribution in [0.25, 0.3) is 0 Å². The van der Waals surface area contributed by atoms with Gasteiger partial charge in [0.2, 0.25) is 5.60 Å². The molecule has 1 N–H and O–H groups in total. The number of nitrogens with zero attached hydrogens (tertiary/aromatic N) is 2. The molecule has 1 rings (SSSR count). The van der Waals surface area contributed by atoms with Crippen LogP contribution in [-0.2, 0) is 14.3 Å². The lowest BCUT2D eigenvalue weighted by atomic mass is 9.82. The minimum atomic E-state index is -1.91. The average molecular weight is 286 g/mol. The van der Waals surface area contributed by atoms with Crippen LogP contribution >= 0.6 is 0 Å². The van der Waals surface area contributed by atoms with Gasteiger partial charge in [0, 0.05) is 12.0 Å². The number of carboxylic acids is 1. The zero-order valence-electron chi connectivity index (χ0n) is 10.4. The number of rotatable bonds is 3. The van der Waals surface area contributed by atoms with Crippen molar-refractivity contribution in [1.82, 2.24) is 0 Å². The van der Waals surface area contributed by atoms with Gasteiger partial charge in [-0.3, -0.25) is 20.2 Å². The standard InChI is InChI=1S/C10H10N2O8/c1-5-3-6(11(16)17)4-7(12(18)19)10(5,2)20-9(15)8(13)14/h3-5H,1-2H3,(H,13,14). The first-order valence-corrected chi connectivity index (χ1v) is 5.28. The normalized spacial score (nSPS) is 25.2. The number of allylic oxidation sites excluding steroid dienone is 1. The third-order valence-corrected chi connectivity index (χ3v) is 2.97. The van der Waals surface area contributed by atoms with E-state index in [9.17, 15) is 29.8 Å². The van der Waals surface area contributed by atoms with Crippen molar-refractivity contribution in [1.29, 1.82) is 0 Å². The van der Waals surface area contributed by atoms with E-state index in [1.165, 1.54) is 6.92 Å². The Morgan fingerprint density at radius 3 is 2.30 bits per heavy atom. The first kappa shape index (κ1) is 15.3. The molecule has 0 bridgehead atoms. The molecule has 10 nitrogen and oxygen atoms in total. The summed E-state index contributed by atoms with van der Waals surface area (Å²) < 4.78 is 4.64. The second kappa shape index (κ2) is 5.07. The number of hydrogen-bond donors (Lipinski definition) is 1. The highest BCUT2D eigenvalue weighted by atomic mass is 16.6. The molecule has 0 aromatic rings. The van der Waals surface area contributed by atoms with Gasteiger partial charge >= 0.3 is 11.9 Å². The number of carbonyl (C=O) groups excluding carboxylic acids is 1. The molecule has 0 amide bonds. The third kappa shape index (κ3) is 2.63. The summed E-state index contributed by atoms with van der Waals surface area (Å²) in [5, 5.41) is 30.2. The Morgan fingerprint density at radius 2 is 1.90 bits per heavy atom. The van der Waals surface area contributed by atoms with E-state index in [1.807, 2.05) is 0 Å². The molecular weight excluding hydrogens is 276 g/mol. The van der Waals surface area contributed by atoms with Gasteiger partial charge in [-0.05, 0) is 6.92 Å². The fourth-order valence-corrected chi connectivity index (χ4v) is 1.71. The van der Waals surface area contributed by atoms with Gasteiger partial charge in [0.15, 0.2) is 0 Å². The lowest BCUT2D eigenvalue weighted by Crippen LogP contribution is -2.45. The fourth-order valence-electron chi connectivity index (χ4n) is 1.71. The van der Waals surface area contributed by atoms with Crippen molar-refractivity contribution >= 4 is 11.9 Å². The summed E-state index contributed by atoms with van der Waals surface area (Å²) in [7, 11) is 0. The molecule has 1 aliphatic rings. The summed E-state index contributed by atoms with van der Waals surface area (Å²) in [6, 6.07) is 0. The van der Waals surface area contributed by atoms with Crippen molar-refractivity contribution < 1.29 is 29.3 Å². The van der Waals surface area contributed by atoms with Gasteiger partial charge in [0.25, 0.3) is 11.4 Å². The molecule has 0 aromatic carbocycles. The van der Waals surface area contributed by atoms with E-state index in [0.717, 1.165) is 13.0 Å². The Balaban J connectivity index is 3.29. The lowest BCUT2D eigenvalue weighted by Gasteiger charge is -2.31. The molecule has 108 valence electrons. The predicted molar refractivity (Wildman–Crippen MR) is 61.5 cm³/mol. The number of ether oxygens (including phenoxy) is 1. The van der Waals surface area contributed by atoms with Crippen LogP contribution < -0.4 is 0 Å². The van der Waals surface area contributed by atoms with E-state index >= 15 is 0 Å². The summed E-state index contributed by atoms with van der Waals surface area (Å²) in [6.45, 7) is 2.47. The van der Waals surface area contributed by atoms with Crippen LogP contribution in [0.4, 0.5) is 0 Å².